The SMILES string of the molecule is CCOC(=O)N1CCC(NC(=NC)NCCCCNc2ccccn2)CC1. The second-order valence-corrected chi connectivity index (χ2v) is 6.45. The lowest BCUT2D eigenvalue weighted by atomic mass is 10.1. The van der Waals surface area contributed by atoms with Crippen molar-refractivity contribution < 1.29 is 9.53 Å². The number of aliphatic imine (C=N–C) groups is 1. The average molecular weight is 377 g/mol. The third-order valence-corrected chi connectivity index (χ3v) is 4.45. The Kier molecular flexibility index (Phi) is 9.23. The Labute approximate surface area is 161 Å². The van der Waals surface area contributed by atoms with Gasteiger partial charge in [-0.25, -0.2) is 9.78 Å². The molecule has 0 spiro atoms. The molecular weight excluding hydrogens is 344 g/mol. The number of pyridine rings is 1. The highest BCUT2D eigenvalue weighted by Gasteiger charge is 2.23. The first-order valence-corrected chi connectivity index (χ1v) is 9.76. The van der Waals surface area contributed by atoms with Gasteiger partial charge in [0.15, 0.2) is 5.96 Å². The normalized spacial score (nSPS) is 15.3. The minimum absolute atomic E-state index is 0.210. The number of guanidine groups is 1. The van der Waals surface area contributed by atoms with E-state index in [2.05, 4.69) is 25.9 Å². The summed E-state index contributed by atoms with van der Waals surface area (Å²) in [4.78, 5) is 22.0. The molecule has 0 unspecified atom stereocenters. The summed E-state index contributed by atoms with van der Waals surface area (Å²) in [5.41, 5.74) is 0. The largest absolute Gasteiger partial charge is 0.450 e. The van der Waals surface area contributed by atoms with E-state index in [-0.39, 0.29) is 6.09 Å². The van der Waals surface area contributed by atoms with Gasteiger partial charge in [-0.05, 0) is 44.7 Å². The first-order valence-electron chi connectivity index (χ1n) is 9.76. The summed E-state index contributed by atoms with van der Waals surface area (Å²) in [6.45, 7) is 5.45. The van der Waals surface area contributed by atoms with Crippen molar-refractivity contribution >= 4 is 17.9 Å². The topological polar surface area (TPSA) is 90.9 Å². The van der Waals surface area contributed by atoms with E-state index in [4.69, 9.17) is 4.74 Å². The molecule has 8 heteroatoms. The molecule has 0 atom stereocenters. The van der Waals surface area contributed by atoms with Crippen LogP contribution in [0.25, 0.3) is 0 Å². The second kappa shape index (κ2) is 12.0. The highest BCUT2D eigenvalue weighted by Crippen LogP contribution is 2.11. The number of carbonyl (C=O) groups is 1. The van der Waals surface area contributed by atoms with Crippen molar-refractivity contribution in [3.05, 3.63) is 24.4 Å². The summed E-state index contributed by atoms with van der Waals surface area (Å²) in [5.74, 6) is 1.74. The maximum atomic E-state index is 11.7. The van der Waals surface area contributed by atoms with Crippen LogP contribution in [0.15, 0.2) is 29.4 Å². The summed E-state index contributed by atoms with van der Waals surface area (Å²) in [6, 6.07) is 6.18. The fraction of sp³-hybridized carbons (Fsp3) is 0.632. The number of hydrogen-bond acceptors (Lipinski definition) is 5. The predicted molar refractivity (Wildman–Crippen MR) is 108 cm³/mol. The van der Waals surface area contributed by atoms with Crippen molar-refractivity contribution in [2.75, 3.05) is 45.2 Å². The zero-order valence-corrected chi connectivity index (χ0v) is 16.4. The molecule has 2 heterocycles. The molecule has 1 saturated heterocycles. The number of ether oxygens (including phenoxy) is 1. The van der Waals surface area contributed by atoms with Gasteiger partial charge in [-0.3, -0.25) is 4.99 Å². The third-order valence-electron chi connectivity index (χ3n) is 4.45. The number of nitrogens with zero attached hydrogens (tertiary/aromatic N) is 3. The van der Waals surface area contributed by atoms with E-state index in [1.54, 1.807) is 18.1 Å². The van der Waals surface area contributed by atoms with Crippen LogP contribution in [-0.4, -0.2) is 67.8 Å². The van der Waals surface area contributed by atoms with Gasteiger partial charge in [-0.1, -0.05) is 6.07 Å². The number of carbonyl (C=O) groups excluding carboxylic acids is 1. The average Bonchev–Trinajstić information content (AvgIpc) is 2.71. The van der Waals surface area contributed by atoms with Crippen LogP contribution in [0.2, 0.25) is 0 Å². The molecule has 1 amide bonds. The number of nitrogens with one attached hydrogen (secondary N) is 3. The number of piperidine rings is 1. The zero-order chi connectivity index (χ0) is 19.3. The molecule has 2 rings (SSSR count). The van der Waals surface area contributed by atoms with Crippen LogP contribution in [0, 0.1) is 0 Å². The van der Waals surface area contributed by atoms with Gasteiger partial charge in [0.25, 0.3) is 0 Å². The minimum Gasteiger partial charge on any atom is -0.450 e. The monoisotopic (exact) mass is 376 g/mol. The molecule has 27 heavy (non-hydrogen) atoms. The number of rotatable bonds is 8. The molecule has 1 aromatic rings. The van der Waals surface area contributed by atoms with Gasteiger partial charge in [0.2, 0.25) is 0 Å². The Hall–Kier alpha value is -2.51. The molecule has 1 fully saturated rings. The van der Waals surface area contributed by atoms with E-state index < -0.39 is 0 Å². The van der Waals surface area contributed by atoms with E-state index in [0.29, 0.717) is 25.7 Å². The Morgan fingerprint density at radius 3 is 2.74 bits per heavy atom. The quantitative estimate of drug-likeness (QED) is 0.365. The predicted octanol–water partition coefficient (Wildman–Crippen LogP) is 2.06. The highest BCUT2D eigenvalue weighted by atomic mass is 16.6. The van der Waals surface area contributed by atoms with Gasteiger partial charge in [0.05, 0.1) is 6.61 Å². The van der Waals surface area contributed by atoms with Crippen LogP contribution in [-0.2, 0) is 4.74 Å². The first kappa shape index (κ1) is 20.8. The number of anilines is 1. The summed E-state index contributed by atoms with van der Waals surface area (Å²) in [5, 5.41) is 10.1. The van der Waals surface area contributed by atoms with Gasteiger partial charge in [-0.15, -0.1) is 0 Å². The number of amides is 1. The van der Waals surface area contributed by atoms with E-state index in [1.165, 1.54) is 0 Å². The van der Waals surface area contributed by atoms with Crippen molar-refractivity contribution in [2.24, 2.45) is 4.99 Å². The van der Waals surface area contributed by atoms with Crippen LogP contribution < -0.4 is 16.0 Å². The van der Waals surface area contributed by atoms with Crippen molar-refractivity contribution in [1.82, 2.24) is 20.5 Å². The van der Waals surface area contributed by atoms with Crippen molar-refractivity contribution in [2.45, 2.75) is 38.6 Å². The zero-order valence-electron chi connectivity index (χ0n) is 16.4. The maximum Gasteiger partial charge on any atom is 0.409 e. The van der Waals surface area contributed by atoms with Crippen molar-refractivity contribution in [3.8, 4) is 0 Å². The molecule has 1 aliphatic heterocycles. The molecule has 1 aliphatic rings. The highest BCUT2D eigenvalue weighted by molar-refractivity contribution is 5.80. The van der Waals surface area contributed by atoms with Crippen LogP contribution >= 0.6 is 0 Å². The van der Waals surface area contributed by atoms with Crippen molar-refractivity contribution in [3.63, 3.8) is 0 Å². The first-order chi connectivity index (χ1) is 13.2. The Balaban J connectivity index is 1.56. The molecule has 0 aromatic carbocycles. The van der Waals surface area contributed by atoms with Gasteiger partial charge in [0, 0.05) is 45.5 Å². The van der Waals surface area contributed by atoms with Gasteiger partial charge in [0.1, 0.15) is 5.82 Å². The lowest BCUT2D eigenvalue weighted by Gasteiger charge is -2.32. The lowest BCUT2D eigenvalue weighted by molar-refractivity contribution is 0.0963. The maximum absolute atomic E-state index is 11.7. The molecule has 0 radical (unpaired) electrons. The molecule has 0 saturated carbocycles. The fourth-order valence-electron chi connectivity index (χ4n) is 2.95. The third kappa shape index (κ3) is 7.72. The van der Waals surface area contributed by atoms with E-state index in [1.807, 2.05) is 25.1 Å². The summed E-state index contributed by atoms with van der Waals surface area (Å²) < 4.78 is 5.05. The summed E-state index contributed by atoms with van der Waals surface area (Å²) in [6.07, 6.45) is 5.47. The van der Waals surface area contributed by atoms with Gasteiger partial charge >= 0.3 is 6.09 Å². The van der Waals surface area contributed by atoms with Gasteiger partial charge < -0.3 is 25.6 Å². The minimum atomic E-state index is -0.210. The number of unbranched alkanes of at least 4 members (excludes halogenated alkanes) is 1. The van der Waals surface area contributed by atoms with E-state index >= 15 is 0 Å². The van der Waals surface area contributed by atoms with Crippen LogP contribution in [0.3, 0.4) is 0 Å². The number of hydrogen-bond donors (Lipinski definition) is 3. The number of likely N-dealkylation sites (tertiary alicyclic amines) is 1. The van der Waals surface area contributed by atoms with Crippen LogP contribution in [0.5, 0.6) is 0 Å². The van der Waals surface area contributed by atoms with Crippen LogP contribution in [0.1, 0.15) is 32.6 Å². The Morgan fingerprint density at radius 2 is 2.07 bits per heavy atom. The Morgan fingerprint density at radius 1 is 1.30 bits per heavy atom. The summed E-state index contributed by atoms with van der Waals surface area (Å²) in [7, 11) is 1.78. The molecule has 0 bridgehead atoms. The van der Waals surface area contributed by atoms with Gasteiger partial charge in [-0.2, -0.15) is 0 Å². The molecule has 1 aromatic heterocycles. The van der Waals surface area contributed by atoms with E-state index in [9.17, 15) is 4.79 Å². The standard InChI is InChI=1S/C19H32N6O2/c1-3-27-19(26)25-14-9-16(10-15-25)24-18(20-2)23-13-7-6-12-22-17-8-4-5-11-21-17/h4-5,8,11,16H,3,6-7,9-10,12-15H2,1-2H3,(H,21,22)(H2,20,23,24). The summed E-state index contributed by atoms with van der Waals surface area (Å²) >= 11 is 0. The smallest absolute Gasteiger partial charge is 0.409 e. The van der Waals surface area contributed by atoms with E-state index in [0.717, 1.165) is 50.6 Å². The molecule has 150 valence electrons. The Bertz CT molecular complexity index is 573. The molecule has 0 aliphatic carbocycles. The molecule has 3 N–H and O–H groups in total. The molecular formula is C19H32N6O2. The lowest BCUT2D eigenvalue weighted by Crippen LogP contribution is -2.50. The van der Waals surface area contributed by atoms with Crippen LogP contribution in [0.4, 0.5) is 10.6 Å². The second-order valence-electron chi connectivity index (χ2n) is 6.45. The number of aromatic nitrogens is 1. The molecule has 8 nitrogen and oxygen atoms in total. The van der Waals surface area contributed by atoms with Crippen molar-refractivity contribution in [1.29, 1.82) is 0 Å². The fourth-order valence-corrected chi connectivity index (χ4v) is 2.95.